The number of aryl methyl sites for hydroxylation is 1. The van der Waals surface area contributed by atoms with Crippen molar-refractivity contribution in [2.75, 3.05) is 17.7 Å². The number of aliphatic hydroxyl groups is 1. The first-order valence-electron chi connectivity index (χ1n) is 7.85. The summed E-state index contributed by atoms with van der Waals surface area (Å²) in [7, 11) is 0. The van der Waals surface area contributed by atoms with Crippen LogP contribution in [0.5, 0.6) is 5.75 Å². The molecule has 3 aromatic rings. The van der Waals surface area contributed by atoms with E-state index in [2.05, 4.69) is 22.4 Å². The summed E-state index contributed by atoms with van der Waals surface area (Å²) in [5.41, 5.74) is 2.19. The predicted octanol–water partition coefficient (Wildman–Crippen LogP) is 4.12. The van der Waals surface area contributed by atoms with E-state index in [4.69, 9.17) is 4.74 Å². The van der Waals surface area contributed by atoms with Gasteiger partial charge in [-0.05, 0) is 31.2 Å². The molecule has 0 spiro atoms. The molecule has 1 aromatic heterocycles. The number of nitrogens with one attached hydrogen (secondary N) is 1. The molecule has 2 aromatic carbocycles. The molecule has 0 fully saturated rings. The maximum absolute atomic E-state index is 10.0. The molecule has 5 nitrogen and oxygen atoms in total. The van der Waals surface area contributed by atoms with E-state index < -0.39 is 6.10 Å². The van der Waals surface area contributed by atoms with Gasteiger partial charge in [0.1, 0.15) is 12.4 Å². The average Bonchev–Trinajstić information content (AvgIpc) is 3.08. The number of para-hydroxylation sites is 1. The van der Waals surface area contributed by atoms with Crippen LogP contribution in [-0.4, -0.2) is 33.8 Å². The average molecular weight is 374 g/mol. The minimum Gasteiger partial charge on any atom is -0.491 e. The highest BCUT2D eigenvalue weighted by Gasteiger charge is 2.10. The highest BCUT2D eigenvalue weighted by atomic mass is 32.2. The molecule has 130 valence electrons. The molecule has 7 heteroatoms. The molecule has 0 aliphatic carbocycles. The van der Waals surface area contributed by atoms with Crippen molar-refractivity contribution < 1.29 is 9.84 Å². The van der Waals surface area contributed by atoms with Crippen LogP contribution in [0.15, 0.2) is 58.9 Å². The molecule has 0 bridgehead atoms. The summed E-state index contributed by atoms with van der Waals surface area (Å²) < 4.78 is 6.36. The van der Waals surface area contributed by atoms with Crippen molar-refractivity contribution >= 4 is 33.9 Å². The maximum Gasteiger partial charge on any atom is 0.210 e. The van der Waals surface area contributed by atoms with Crippen LogP contribution in [0.3, 0.4) is 0 Å². The van der Waals surface area contributed by atoms with Gasteiger partial charge in [0.05, 0.1) is 6.10 Å². The second-order valence-electron chi connectivity index (χ2n) is 5.45. The molecule has 1 heterocycles. The molecular formula is C18H19N3O2S2. The number of hydrogen-bond donors (Lipinski definition) is 2. The van der Waals surface area contributed by atoms with Gasteiger partial charge in [0.2, 0.25) is 5.13 Å². The van der Waals surface area contributed by atoms with Crippen molar-refractivity contribution in [2.45, 2.75) is 17.4 Å². The van der Waals surface area contributed by atoms with Crippen LogP contribution in [-0.2, 0) is 0 Å². The predicted molar refractivity (Wildman–Crippen MR) is 103 cm³/mol. The zero-order valence-corrected chi connectivity index (χ0v) is 15.4. The minimum absolute atomic E-state index is 0.254. The zero-order chi connectivity index (χ0) is 17.5. The van der Waals surface area contributed by atoms with E-state index in [9.17, 15) is 5.11 Å². The summed E-state index contributed by atoms with van der Waals surface area (Å²) >= 11 is 2.94. The van der Waals surface area contributed by atoms with E-state index in [-0.39, 0.29) is 6.61 Å². The fourth-order valence-electron chi connectivity index (χ4n) is 2.00. The Morgan fingerprint density at radius 2 is 1.88 bits per heavy atom. The normalized spacial score (nSPS) is 11.9. The summed E-state index contributed by atoms with van der Waals surface area (Å²) in [5.74, 6) is 1.26. The molecule has 1 atom stereocenters. The Hall–Kier alpha value is -2.09. The number of thioether (sulfide) groups is 1. The van der Waals surface area contributed by atoms with Gasteiger partial charge >= 0.3 is 0 Å². The number of aromatic nitrogens is 2. The first-order chi connectivity index (χ1) is 12.2. The lowest BCUT2D eigenvalue weighted by molar-refractivity contribution is 0.126. The number of anilines is 2. The van der Waals surface area contributed by atoms with E-state index in [1.807, 2.05) is 54.6 Å². The Morgan fingerprint density at radius 3 is 2.64 bits per heavy atom. The van der Waals surface area contributed by atoms with E-state index >= 15 is 0 Å². The van der Waals surface area contributed by atoms with Crippen LogP contribution in [0.2, 0.25) is 0 Å². The number of hydrogen-bond acceptors (Lipinski definition) is 7. The molecule has 0 unspecified atom stereocenters. The third-order valence-corrected chi connectivity index (χ3v) is 5.41. The van der Waals surface area contributed by atoms with Gasteiger partial charge in [-0.25, -0.2) is 0 Å². The number of rotatable bonds is 8. The lowest BCUT2D eigenvalue weighted by Crippen LogP contribution is -2.19. The first-order valence-corrected chi connectivity index (χ1v) is 9.65. The van der Waals surface area contributed by atoms with Crippen molar-refractivity contribution in [1.82, 2.24) is 10.2 Å². The standard InChI is InChI=1S/C18H19N3O2S2/c1-13-7-9-14(10-8-13)19-17-20-21-18(25-17)24-12-15(22)11-23-16-5-3-2-4-6-16/h2-10,15,22H,11-12H2,1H3,(H,19,20)/t15-/m0/s1. The van der Waals surface area contributed by atoms with Gasteiger partial charge < -0.3 is 15.2 Å². The molecule has 0 saturated heterocycles. The summed E-state index contributed by atoms with van der Waals surface area (Å²) in [6.45, 7) is 2.31. The summed E-state index contributed by atoms with van der Waals surface area (Å²) in [6.07, 6.45) is -0.567. The highest BCUT2D eigenvalue weighted by Crippen LogP contribution is 2.28. The maximum atomic E-state index is 10.0. The lowest BCUT2D eigenvalue weighted by atomic mass is 10.2. The van der Waals surface area contributed by atoms with Crippen molar-refractivity contribution in [1.29, 1.82) is 0 Å². The third kappa shape index (κ3) is 5.74. The highest BCUT2D eigenvalue weighted by molar-refractivity contribution is 8.01. The second-order valence-corrected chi connectivity index (χ2v) is 7.70. The Balaban J connectivity index is 1.44. The Labute approximate surface area is 155 Å². The van der Waals surface area contributed by atoms with Crippen molar-refractivity contribution in [2.24, 2.45) is 0 Å². The Bertz CT molecular complexity index is 779. The second kappa shape index (κ2) is 8.84. The van der Waals surface area contributed by atoms with E-state index in [0.717, 1.165) is 20.9 Å². The summed E-state index contributed by atoms with van der Waals surface area (Å²) in [4.78, 5) is 0. The largest absolute Gasteiger partial charge is 0.491 e. The van der Waals surface area contributed by atoms with Gasteiger partial charge in [-0.3, -0.25) is 0 Å². The van der Waals surface area contributed by atoms with Gasteiger partial charge in [-0.2, -0.15) is 0 Å². The van der Waals surface area contributed by atoms with Gasteiger partial charge in [-0.1, -0.05) is 59.0 Å². The fraction of sp³-hybridized carbons (Fsp3) is 0.222. The molecule has 0 aliphatic heterocycles. The minimum atomic E-state index is -0.567. The third-order valence-electron chi connectivity index (χ3n) is 3.29. The molecule has 25 heavy (non-hydrogen) atoms. The topological polar surface area (TPSA) is 67.3 Å². The number of benzene rings is 2. The molecule has 0 radical (unpaired) electrons. The first kappa shape index (κ1) is 17.7. The van der Waals surface area contributed by atoms with E-state index in [1.54, 1.807) is 0 Å². The molecule has 0 aliphatic rings. The van der Waals surface area contributed by atoms with Crippen LogP contribution >= 0.6 is 23.1 Å². The van der Waals surface area contributed by atoms with Crippen LogP contribution in [0.1, 0.15) is 5.56 Å². The number of aliphatic hydroxyl groups excluding tert-OH is 1. The molecule has 2 N–H and O–H groups in total. The van der Waals surface area contributed by atoms with Crippen LogP contribution in [0, 0.1) is 6.92 Å². The van der Waals surface area contributed by atoms with E-state index in [1.165, 1.54) is 28.7 Å². The van der Waals surface area contributed by atoms with Gasteiger partial charge in [0.25, 0.3) is 0 Å². The Morgan fingerprint density at radius 1 is 1.12 bits per heavy atom. The van der Waals surface area contributed by atoms with Crippen LogP contribution in [0.4, 0.5) is 10.8 Å². The van der Waals surface area contributed by atoms with Crippen molar-refractivity contribution in [3.63, 3.8) is 0 Å². The Kier molecular flexibility index (Phi) is 6.27. The summed E-state index contributed by atoms with van der Waals surface area (Å²) in [5, 5.41) is 22.3. The summed E-state index contributed by atoms with van der Waals surface area (Å²) in [6, 6.07) is 17.6. The lowest BCUT2D eigenvalue weighted by Gasteiger charge is -2.10. The molecule has 0 amide bonds. The number of ether oxygens (including phenoxy) is 1. The van der Waals surface area contributed by atoms with Crippen LogP contribution < -0.4 is 10.1 Å². The monoisotopic (exact) mass is 373 g/mol. The SMILES string of the molecule is Cc1ccc(Nc2nnc(SC[C@@H](O)COc3ccccc3)s2)cc1. The van der Waals surface area contributed by atoms with Crippen molar-refractivity contribution in [3.8, 4) is 5.75 Å². The molecule has 3 rings (SSSR count). The number of nitrogens with zero attached hydrogens (tertiary/aromatic N) is 2. The fourth-order valence-corrected chi connectivity index (χ4v) is 3.71. The molecular weight excluding hydrogens is 354 g/mol. The van der Waals surface area contributed by atoms with Gasteiger partial charge in [0, 0.05) is 11.4 Å². The molecule has 0 saturated carbocycles. The smallest absolute Gasteiger partial charge is 0.210 e. The van der Waals surface area contributed by atoms with E-state index in [0.29, 0.717) is 5.75 Å². The zero-order valence-electron chi connectivity index (χ0n) is 13.8. The van der Waals surface area contributed by atoms with Crippen LogP contribution in [0.25, 0.3) is 0 Å². The quantitative estimate of drug-likeness (QED) is 0.579. The van der Waals surface area contributed by atoms with Gasteiger partial charge in [0.15, 0.2) is 4.34 Å². The van der Waals surface area contributed by atoms with Gasteiger partial charge in [-0.15, -0.1) is 10.2 Å². The van der Waals surface area contributed by atoms with Crippen molar-refractivity contribution in [3.05, 3.63) is 60.2 Å².